The topological polar surface area (TPSA) is 110 Å². The van der Waals surface area contributed by atoms with Crippen molar-refractivity contribution in [2.24, 2.45) is 5.73 Å². The summed E-state index contributed by atoms with van der Waals surface area (Å²) in [6.07, 6.45) is -0.116. The second-order valence-electron chi connectivity index (χ2n) is 3.52. The maximum Gasteiger partial charge on any atom is 0.410 e. The predicted octanol–water partition coefficient (Wildman–Crippen LogP) is -0.453. The van der Waals surface area contributed by atoms with Gasteiger partial charge in [-0.1, -0.05) is 0 Å². The highest BCUT2D eigenvalue weighted by Crippen LogP contribution is 2.13. The Morgan fingerprint density at radius 1 is 1.56 bits per heavy atom. The lowest BCUT2D eigenvalue weighted by Crippen LogP contribution is -2.48. The fraction of sp³-hybridized carbons (Fsp3) is 0.667. The quantitative estimate of drug-likeness (QED) is 0.664. The third-order valence-corrected chi connectivity index (χ3v) is 2.33. The average molecular weight is 230 g/mol. The van der Waals surface area contributed by atoms with Gasteiger partial charge in [0.15, 0.2) is 0 Å². The first-order valence-corrected chi connectivity index (χ1v) is 4.97. The molecular weight excluding hydrogens is 216 g/mol. The molecule has 0 aromatic carbocycles. The number of carbonyl (C=O) groups excluding carboxylic acids is 2. The van der Waals surface area contributed by atoms with E-state index in [9.17, 15) is 14.4 Å². The van der Waals surface area contributed by atoms with Gasteiger partial charge in [0.2, 0.25) is 5.91 Å². The summed E-state index contributed by atoms with van der Waals surface area (Å²) in [7, 11) is 0. The van der Waals surface area contributed by atoms with Crippen molar-refractivity contribution in [3.8, 4) is 0 Å². The molecule has 7 nitrogen and oxygen atoms in total. The zero-order valence-corrected chi connectivity index (χ0v) is 8.72. The molecule has 0 aliphatic carbocycles. The molecule has 1 atom stereocenters. The van der Waals surface area contributed by atoms with Gasteiger partial charge in [-0.3, -0.25) is 9.69 Å². The van der Waals surface area contributed by atoms with Crippen LogP contribution < -0.4 is 5.73 Å². The van der Waals surface area contributed by atoms with Crippen molar-refractivity contribution in [3.63, 3.8) is 0 Å². The number of carbonyl (C=O) groups is 3. The van der Waals surface area contributed by atoms with E-state index in [1.54, 1.807) is 0 Å². The predicted molar refractivity (Wildman–Crippen MR) is 52.5 cm³/mol. The highest BCUT2D eigenvalue weighted by atomic mass is 16.6. The minimum Gasteiger partial charge on any atom is -0.480 e. The molecule has 0 radical (unpaired) electrons. The van der Waals surface area contributed by atoms with E-state index in [2.05, 4.69) is 0 Å². The van der Waals surface area contributed by atoms with Crippen molar-refractivity contribution in [2.45, 2.75) is 25.3 Å². The first-order chi connectivity index (χ1) is 7.52. The molecule has 1 fully saturated rings. The zero-order valence-electron chi connectivity index (χ0n) is 8.72. The van der Waals surface area contributed by atoms with E-state index >= 15 is 0 Å². The Morgan fingerprint density at radius 2 is 2.25 bits per heavy atom. The average Bonchev–Trinajstić information content (AvgIpc) is 2.20. The van der Waals surface area contributed by atoms with Crippen LogP contribution in [0, 0.1) is 0 Å². The number of hydrogen-bond acceptors (Lipinski definition) is 4. The molecule has 1 saturated heterocycles. The van der Waals surface area contributed by atoms with Gasteiger partial charge in [0.05, 0.1) is 6.61 Å². The van der Waals surface area contributed by atoms with Gasteiger partial charge >= 0.3 is 12.1 Å². The van der Waals surface area contributed by atoms with Gasteiger partial charge in [0.1, 0.15) is 6.04 Å². The van der Waals surface area contributed by atoms with E-state index < -0.39 is 24.0 Å². The van der Waals surface area contributed by atoms with Crippen LogP contribution in [0.25, 0.3) is 0 Å². The number of carboxylic acids is 1. The van der Waals surface area contributed by atoms with E-state index in [0.717, 1.165) is 4.90 Å². The van der Waals surface area contributed by atoms with E-state index in [1.807, 2.05) is 0 Å². The Kier molecular flexibility index (Phi) is 4.10. The molecule has 1 unspecified atom stereocenters. The Balaban J connectivity index is 2.64. The van der Waals surface area contributed by atoms with Crippen LogP contribution in [0.2, 0.25) is 0 Å². The van der Waals surface area contributed by atoms with Gasteiger partial charge in [-0.2, -0.15) is 0 Å². The van der Waals surface area contributed by atoms with Gasteiger partial charge < -0.3 is 15.6 Å². The second kappa shape index (κ2) is 5.34. The van der Waals surface area contributed by atoms with Crippen molar-refractivity contribution in [1.29, 1.82) is 0 Å². The first kappa shape index (κ1) is 12.3. The van der Waals surface area contributed by atoms with E-state index in [4.69, 9.17) is 15.6 Å². The molecule has 1 heterocycles. The summed E-state index contributed by atoms with van der Waals surface area (Å²) >= 11 is 0. The van der Waals surface area contributed by atoms with Gasteiger partial charge in [-0.05, 0) is 12.8 Å². The van der Waals surface area contributed by atoms with Crippen LogP contribution in [-0.2, 0) is 14.3 Å². The molecule has 0 spiro atoms. The minimum atomic E-state index is -1.15. The summed E-state index contributed by atoms with van der Waals surface area (Å²) in [5, 5.41) is 8.95. The number of aliphatic carboxylic acids is 1. The molecule has 1 aliphatic heterocycles. The van der Waals surface area contributed by atoms with E-state index in [0.29, 0.717) is 19.6 Å². The van der Waals surface area contributed by atoms with Crippen LogP contribution in [0.1, 0.15) is 19.3 Å². The van der Waals surface area contributed by atoms with Gasteiger partial charge in [0, 0.05) is 13.0 Å². The molecule has 3 N–H and O–H groups in total. The molecule has 1 aliphatic rings. The molecule has 7 heteroatoms. The molecule has 90 valence electrons. The lowest BCUT2D eigenvalue weighted by molar-refractivity contribution is -0.143. The van der Waals surface area contributed by atoms with Crippen molar-refractivity contribution in [2.75, 3.05) is 13.2 Å². The van der Waals surface area contributed by atoms with Crippen LogP contribution in [0.5, 0.6) is 0 Å². The highest BCUT2D eigenvalue weighted by Gasteiger charge is 2.32. The molecular formula is C9H14N2O5. The number of carboxylic acid groups (broad SMARTS) is 1. The number of amides is 2. The van der Waals surface area contributed by atoms with E-state index in [-0.39, 0.29) is 12.8 Å². The third kappa shape index (κ3) is 3.11. The van der Waals surface area contributed by atoms with Gasteiger partial charge in [0.25, 0.3) is 0 Å². The molecule has 2 amide bonds. The number of rotatable bonds is 5. The van der Waals surface area contributed by atoms with Crippen molar-refractivity contribution in [3.05, 3.63) is 0 Å². The number of primary amides is 1. The summed E-state index contributed by atoms with van der Waals surface area (Å²) in [6.45, 7) is 0.631. The van der Waals surface area contributed by atoms with Crippen molar-refractivity contribution in [1.82, 2.24) is 4.90 Å². The fourth-order valence-electron chi connectivity index (χ4n) is 1.54. The van der Waals surface area contributed by atoms with Crippen molar-refractivity contribution >= 4 is 18.0 Å². The Hall–Kier alpha value is -1.79. The Labute approximate surface area is 92.1 Å². The largest absolute Gasteiger partial charge is 0.480 e. The maximum atomic E-state index is 11.3. The fourth-order valence-corrected chi connectivity index (χ4v) is 1.54. The molecule has 0 saturated carbocycles. The summed E-state index contributed by atoms with van der Waals surface area (Å²) in [5.74, 6) is -1.74. The SMILES string of the molecule is NC(=O)CCC(C(=O)O)N1CCCOC1=O. The number of cyclic esters (lactones) is 1. The number of nitrogens with zero attached hydrogens (tertiary/aromatic N) is 1. The molecule has 0 aromatic heterocycles. The molecule has 0 bridgehead atoms. The summed E-state index contributed by atoms with van der Waals surface area (Å²) < 4.78 is 4.74. The summed E-state index contributed by atoms with van der Waals surface area (Å²) in [6, 6.07) is -1.04. The molecule has 16 heavy (non-hydrogen) atoms. The number of nitrogens with two attached hydrogens (primary N) is 1. The standard InChI is InChI=1S/C9H14N2O5/c10-7(12)3-2-6(8(13)14)11-4-1-5-16-9(11)15/h6H,1-5H2,(H2,10,12)(H,13,14). The Bertz CT molecular complexity index is 304. The normalized spacial score (nSPS) is 17.8. The lowest BCUT2D eigenvalue weighted by Gasteiger charge is -2.31. The number of ether oxygens (including phenoxy) is 1. The molecule has 0 aromatic rings. The van der Waals surface area contributed by atoms with Gasteiger partial charge in [-0.25, -0.2) is 9.59 Å². The van der Waals surface area contributed by atoms with Crippen LogP contribution in [0.3, 0.4) is 0 Å². The Morgan fingerprint density at radius 3 is 2.75 bits per heavy atom. The van der Waals surface area contributed by atoms with E-state index in [1.165, 1.54) is 0 Å². The zero-order chi connectivity index (χ0) is 12.1. The van der Waals surface area contributed by atoms with Crippen molar-refractivity contribution < 1.29 is 24.2 Å². The summed E-state index contributed by atoms with van der Waals surface area (Å²) in [5.41, 5.74) is 4.94. The number of hydrogen-bond donors (Lipinski definition) is 2. The van der Waals surface area contributed by atoms with Crippen LogP contribution in [-0.4, -0.2) is 47.2 Å². The molecule has 1 rings (SSSR count). The minimum absolute atomic E-state index is 0.0137. The lowest BCUT2D eigenvalue weighted by atomic mass is 10.1. The van der Waals surface area contributed by atoms with Crippen LogP contribution in [0.15, 0.2) is 0 Å². The van der Waals surface area contributed by atoms with Crippen LogP contribution in [0.4, 0.5) is 4.79 Å². The highest BCUT2D eigenvalue weighted by molar-refractivity contribution is 5.81. The maximum absolute atomic E-state index is 11.3. The van der Waals surface area contributed by atoms with Crippen LogP contribution >= 0.6 is 0 Å². The first-order valence-electron chi connectivity index (χ1n) is 4.97. The monoisotopic (exact) mass is 230 g/mol. The summed E-state index contributed by atoms with van der Waals surface area (Å²) in [4.78, 5) is 34.0. The second-order valence-corrected chi connectivity index (χ2v) is 3.52. The third-order valence-electron chi connectivity index (χ3n) is 2.33. The smallest absolute Gasteiger partial charge is 0.410 e. The van der Waals surface area contributed by atoms with Gasteiger partial charge in [-0.15, -0.1) is 0 Å².